The summed E-state index contributed by atoms with van der Waals surface area (Å²) >= 11 is 10.2. The van der Waals surface area contributed by atoms with E-state index < -0.39 is 11.9 Å². The number of nitrogens with zero attached hydrogens (tertiary/aromatic N) is 2. The summed E-state index contributed by atoms with van der Waals surface area (Å²) in [6.45, 7) is 3.01. The first-order valence-electron chi connectivity index (χ1n) is 10.0. The van der Waals surface area contributed by atoms with Gasteiger partial charge in [0.2, 0.25) is 5.91 Å². The van der Waals surface area contributed by atoms with Gasteiger partial charge in [0.15, 0.2) is 0 Å². The molecule has 0 bridgehead atoms. The number of aromatic amines is 1. The zero-order valence-corrected chi connectivity index (χ0v) is 18.7. The van der Waals surface area contributed by atoms with E-state index in [1.165, 1.54) is 12.1 Å². The summed E-state index contributed by atoms with van der Waals surface area (Å²) in [6.07, 6.45) is 1.02. The van der Waals surface area contributed by atoms with Crippen molar-refractivity contribution in [3.05, 3.63) is 64.7 Å². The first-order valence-corrected chi connectivity index (χ1v) is 11.0. The number of amides is 2. The maximum absolute atomic E-state index is 13.3. The van der Waals surface area contributed by atoms with Crippen LogP contribution < -0.4 is 5.32 Å². The summed E-state index contributed by atoms with van der Waals surface area (Å²) in [5.41, 5.74) is 1.51. The van der Waals surface area contributed by atoms with Crippen molar-refractivity contribution in [1.82, 2.24) is 20.2 Å². The molecule has 9 heteroatoms. The van der Waals surface area contributed by atoms with Crippen molar-refractivity contribution in [2.45, 2.75) is 25.8 Å². The number of halogens is 2. The van der Waals surface area contributed by atoms with Crippen LogP contribution in [0.25, 0.3) is 11.0 Å². The smallest absolute Gasteiger partial charge is 0.268 e. The molecule has 3 rings (SSSR count). The monoisotopic (exact) mass is 462 g/mol. The third-order valence-corrected chi connectivity index (χ3v) is 5.23. The number of thiol groups is 1. The highest BCUT2D eigenvalue weighted by atomic mass is 35.5. The number of hydrogen-bond acceptors (Lipinski definition) is 4. The van der Waals surface area contributed by atoms with Gasteiger partial charge in [-0.2, -0.15) is 12.6 Å². The molecule has 0 radical (unpaired) electrons. The van der Waals surface area contributed by atoms with Crippen LogP contribution >= 0.6 is 24.2 Å². The number of aromatic nitrogens is 2. The third kappa shape index (κ3) is 5.98. The molecule has 31 heavy (non-hydrogen) atoms. The maximum Gasteiger partial charge on any atom is 0.268 e. The van der Waals surface area contributed by atoms with E-state index in [0.29, 0.717) is 29.6 Å². The Morgan fingerprint density at radius 2 is 1.97 bits per heavy atom. The van der Waals surface area contributed by atoms with Gasteiger partial charge in [0.25, 0.3) is 5.91 Å². The average Bonchev–Trinajstić information content (AvgIpc) is 3.17. The van der Waals surface area contributed by atoms with Crippen LogP contribution in [0.2, 0.25) is 5.15 Å². The van der Waals surface area contributed by atoms with Gasteiger partial charge < -0.3 is 15.2 Å². The molecule has 2 heterocycles. The minimum absolute atomic E-state index is 0.203. The van der Waals surface area contributed by atoms with Gasteiger partial charge in [-0.25, -0.2) is 9.37 Å². The lowest BCUT2D eigenvalue weighted by atomic mass is 10.0. The molecule has 164 valence electrons. The van der Waals surface area contributed by atoms with Gasteiger partial charge >= 0.3 is 0 Å². The normalized spacial score (nSPS) is 12.0. The highest BCUT2D eigenvalue weighted by Crippen LogP contribution is 2.17. The third-order valence-electron chi connectivity index (χ3n) is 4.82. The summed E-state index contributed by atoms with van der Waals surface area (Å²) < 4.78 is 13.3. The van der Waals surface area contributed by atoms with Gasteiger partial charge in [-0.15, -0.1) is 0 Å². The number of benzene rings is 1. The van der Waals surface area contributed by atoms with Crippen LogP contribution in [0.1, 0.15) is 29.4 Å². The van der Waals surface area contributed by atoms with Gasteiger partial charge in [-0.1, -0.05) is 30.7 Å². The molecule has 0 aliphatic rings. The number of hydrogen-bond donors (Lipinski definition) is 3. The van der Waals surface area contributed by atoms with Gasteiger partial charge in [-0.3, -0.25) is 9.59 Å². The van der Waals surface area contributed by atoms with Crippen LogP contribution in [0.4, 0.5) is 4.39 Å². The predicted molar refractivity (Wildman–Crippen MR) is 123 cm³/mol. The molecule has 0 saturated carbocycles. The molecule has 0 saturated heterocycles. The lowest BCUT2D eigenvalue weighted by molar-refractivity contribution is -0.133. The summed E-state index contributed by atoms with van der Waals surface area (Å²) in [5.74, 6) is -0.484. The summed E-state index contributed by atoms with van der Waals surface area (Å²) in [4.78, 5) is 35.0. The number of rotatable bonds is 9. The van der Waals surface area contributed by atoms with Gasteiger partial charge in [-0.05, 0) is 42.3 Å². The van der Waals surface area contributed by atoms with Crippen LogP contribution in [0.5, 0.6) is 0 Å². The molecule has 1 aromatic carbocycles. The molecule has 3 aromatic rings. The zero-order valence-electron chi connectivity index (χ0n) is 17.1. The molecule has 0 aliphatic heterocycles. The Labute approximate surface area is 190 Å². The largest absolute Gasteiger partial charge is 0.340 e. The first-order chi connectivity index (χ1) is 14.9. The molecule has 0 spiro atoms. The Hall–Kier alpha value is -2.58. The van der Waals surface area contributed by atoms with E-state index in [1.54, 1.807) is 35.2 Å². The SMILES string of the molecule is CCCN(CCS)C(=O)[C@H](Cc1ccc(F)cc1)NC(=O)c1cc2ccc(Cl)nc2[nH]1. The molecule has 0 unspecified atom stereocenters. The van der Waals surface area contributed by atoms with Crippen molar-refractivity contribution in [3.8, 4) is 0 Å². The topological polar surface area (TPSA) is 78.1 Å². The first kappa shape index (κ1) is 23.1. The molecule has 0 aliphatic carbocycles. The molecule has 0 fully saturated rings. The summed E-state index contributed by atoms with van der Waals surface area (Å²) in [5, 5.41) is 3.88. The second-order valence-corrected chi connectivity index (χ2v) is 7.99. The van der Waals surface area contributed by atoms with Crippen molar-refractivity contribution in [2.24, 2.45) is 0 Å². The molecule has 1 atom stereocenters. The second-order valence-electron chi connectivity index (χ2n) is 7.16. The predicted octanol–water partition coefficient (Wildman–Crippen LogP) is 3.86. The van der Waals surface area contributed by atoms with Crippen LogP contribution in [-0.2, 0) is 11.2 Å². The minimum Gasteiger partial charge on any atom is -0.340 e. The van der Waals surface area contributed by atoms with Crippen molar-refractivity contribution < 1.29 is 14.0 Å². The molecule has 2 aromatic heterocycles. The van der Waals surface area contributed by atoms with Crippen molar-refractivity contribution >= 4 is 47.1 Å². The van der Waals surface area contributed by atoms with Crippen LogP contribution in [0.3, 0.4) is 0 Å². The minimum atomic E-state index is -0.813. The number of pyridine rings is 1. The van der Waals surface area contributed by atoms with Gasteiger partial charge in [0.1, 0.15) is 28.4 Å². The van der Waals surface area contributed by atoms with Crippen LogP contribution in [0, 0.1) is 5.82 Å². The number of carbonyl (C=O) groups is 2. The highest BCUT2D eigenvalue weighted by molar-refractivity contribution is 7.80. The summed E-state index contributed by atoms with van der Waals surface area (Å²) in [7, 11) is 0. The van der Waals surface area contributed by atoms with E-state index in [-0.39, 0.29) is 23.8 Å². The van der Waals surface area contributed by atoms with E-state index in [0.717, 1.165) is 17.4 Å². The second kappa shape index (κ2) is 10.6. The number of nitrogens with one attached hydrogen (secondary N) is 2. The van der Waals surface area contributed by atoms with E-state index in [9.17, 15) is 14.0 Å². The maximum atomic E-state index is 13.3. The zero-order chi connectivity index (χ0) is 22.4. The number of H-pyrrole nitrogens is 1. The van der Waals surface area contributed by atoms with Crippen LogP contribution in [0.15, 0.2) is 42.5 Å². The Kier molecular flexibility index (Phi) is 7.92. The van der Waals surface area contributed by atoms with E-state index in [2.05, 4.69) is 27.9 Å². The van der Waals surface area contributed by atoms with Crippen molar-refractivity contribution in [2.75, 3.05) is 18.8 Å². The fourth-order valence-electron chi connectivity index (χ4n) is 3.34. The summed E-state index contributed by atoms with van der Waals surface area (Å²) in [6, 6.07) is 10.1. The average molecular weight is 463 g/mol. The number of carbonyl (C=O) groups excluding carboxylic acids is 2. The Balaban J connectivity index is 1.85. The van der Waals surface area contributed by atoms with Crippen molar-refractivity contribution in [3.63, 3.8) is 0 Å². The van der Waals surface area contributed by atoms with Crippen molar-refractivity contribution in [1.29, 1.82) is 0 Å². The van der Waals surface area contributed by atoms with E-state index in [4.69, 9.17) is 11.6 Å². The molecular formula is C22H24ClFN4O2S. The quantitative estimate of drug-likeness (QED) is 0.334. The molecule has 2 amide bonds. The fraction of sp³-hybridized carbons (Fsp3) is 0.318. The lowest BCUT2D eigenvalue weighted by Crippen LogP contribution is -2.50. The Morgan fingerprint density at radius 1 is 1.23 bits per heavy atom. The molecular weight excluding hydrogens is 439 g/mol. The van der Waals surface area contributed by atoms with E-state index in [1.807, 2.05) is 6.92 Å². The Bertz CT molecular complexity index is 1050. The number of fused-ring (bicyclic) bond motifs is 1. The molecule has 6 nitrogen and oxygen atoms in total. The highest BCUT2D eigenvalue weighted by Gasteiger charge is 2.27. The Morgan fingerprint density at radius 3 is 2.65 bits per heavy atom. The van der Waals surface area contributed by atoms with Crippen LogP contribution in [-0.4, -0.2) is 51.6 Å². The standard InChI is InChI=1S/C22H24ClFN4O2S/c1-2-9-28(10-11-31)22(30)18(12-14-3-6-16(24)7-4-14)26-21(29)17-13-15-5-8-19(23)27-20(15)25-17/h3-8,13,18,31H,2,9-12H2,1H3,(H,25,27)(H,26,29)/t18-/m0/s1. The van der Waals surface area contributed by atoms with E-state index >= 15 is 0 Å². The van der Waals surface area contributed by atoms with Gasteiger partial charge in [0.05, 0.1) is 0 Å². The lowest BCUT2D eigenvalue weighted by Gasteiger charge is -2.27. The molecule has 2 N–H and O–H groups in total. The fourth-order valence-corrected chi connectivity index (χ4v) is 3.73. The van der Waals surface area contributed by atoms with Gasteiger partial charge in [0, 0.05) is 30.6 Å².